The third-order valence-corrected chi connectivity index (χ3v) is 6.36. The van der Waals surface area contributed by atoms with Crippen LogP contribution >= 0.6 is 0 Å². The van der Waals surface area contributed by atoms with Gasteiger partial charge < -0.3 is 20.2 Å². The Morgan fingerprint density at radius 2 is 1.65 bits per heavy atom. The molecule has 0 radical (unpaired) electrons. The summed E-state index contributed by atoms with van der Waals surface area (Å²) in [5.74, 6) is 1.76. The van der Waals surface area contributed by atoms with E-state index < -0.39 is 0 Å². The van der Waals surface area contributed by atoms with E-state index in [1.807, 2.05) is 24.3 Å². The highest BCUT2D eigenvalue weighted by atomic mass is 16.5. The van der Waals surface area contributed by atoms with Gasteiger partial charge in [0.25, 0.3) is 0 Å². The molecular weight excluding hydrogens is 420 g/mol. The van der Waals surface area contributed by atoms with Crippen LogP contribution in [0.1, 0.15) is 24.0 Å². The number of unbranched alkanes of at least 4 members (excludes halogenated alkanes) is 1. The summed E-state index contributed by atoms with van der Waals surface area (Å²) in [4.78, 5) is 3.68. The van der Waals surface area contributed by atoms with Crippen molar-refractivity contribution in [3.63, 3.8) is 0 Å². The number of rotatable bonds is 9. The number of aromatic amines is 1. The summed E-state index contributed by atoms with van der Waals surface area (Å²) in [5, 5.41) is 3.47. The second-order valence-corrected chi connectivity index (χ2v) is 8.57. The molecule has 0 atom stereocenters. The molecule has 0 fully saturated rings. The van der Waals surface area contributed by atoms with Crippen LogP contribution in [0.5, 0.6) is 11.5 Å². The van der Waals surface area contributed by atoms with Crippen LogP contribution in [0.3, 0.4) is 0 Å². The molecule has 5 rings (SSSR count). The standard InChI is InChI=1S/C30H30N2O2/c1-33-30-24-12-6-5-11-22(24)14-16-26(30)29-25(13-7-8-18-31)27-19-23(15-17-28(27)32-29)34-20-21-9-3-2-4-10-21/h2-6,9-12,14-17,19,32H,7-8,13,18,20,31H2,1H3. The van der Waals surface area contributed by atoms with E-state index in [2.05, 4.69) is 65.6 Å². The molecular formula is C30H30N2O2. The second-order valence-electron chi connectivity index (χ2n) is 8.57. The molecule has 4 heteroatoms. The Balaban J connectivity index is 1.58. The molecule has 0 unspecified atom stereocenters. The second kappa shape index (κ2) is 10.0. The van der Waals surface area contributed by atoms with Gasteiger partial charge in [0.1, 0.15) is 18.1 Å². The van der Waals surface area contributed by atoms with Crippen LogP contribution in [0, 0.1) is 0 Å². The molecule has 0 saturated carbocycles. The van der Waals surface area contributed by atoms with Crippen molar-refractivity contribution in [1.29, 1.82) is 0 Å². The van der Waals surface area contributed by atoms with Crippen molar-refractivity contribution in [1.82, 2.24) is 4.98 Å². The fourth-order valence-corrected chi connectivity index (χ4v) is 4.65. The van der Waals surface area contributed by atoms with Crippen molar-refractivity contribution >= 4 is 21.7 Å². The molecule has 1 heterocycles. The molecule has 0 aliphatic rings. The first-order chi connectivity index (χ1) is 16.8. The molecule has 0 saturated heterocycles. The summed E-state index contributed by atoms with van der Waals surface area (Å²) in [6.07, 6.45) is 2.96. The zero-order valence-electron chi connectivity index (χ0n) is 19.5. The Morgan fingerprint density at radius 3 is 2.47 bits per heavy atom. The molecule has 0 amide bonds. The highest BCUT2D eigenvalue weighted by Gasteiger charge is 2.18. The first kappa shape index (κ1) is 22.1. The lowest BCUT2D eigenvalue weighted by Crippen LogP contribution is -2.00. The van der Waals surface area contributed by atoms with Crippen molar-refractivity contribution in [2.45, 2.75) is 25.9 Å². The van der Waals surface area contributed by atoms with Crippen LogP contribution in [-0.4, -0.2) is 18.6 Å². The van der Waals surface area contributed by atoms with E-state index in [-0.39, 0.29) is 0 Å². The van der Waals surface area contributed by atoms with Crippen molar-refractivity contribution in [3.05, 3.63) is 96.1 Å². The number of ether oxygens (including phenoxy) is 2. The predicted octanol–water partition coefficient (Wildman–Crippen LogP) is 6.86. The molecule has 5 aromatic rings. The molecule has 34 heavy (non-hydrogen) atoms. The van der Waals surface area contributed by atoms with Crippen molar-refractivity contribution < 1.29 is 9.47 Å². The lowest BCUT2D eigenvalue weighted by Gasteiger charge is -2.13. The van der Waals surface area contributed by atoms with E-state index in [1.165, 1.54) is 16.3 Å². The number of methoxy groups -OCH3 is 1. The van der Waals surface area contributed by atoms with E-state index in [0.717, 1.165) is 58.5 Å². The van der Waals surface area contributed by atoms with Gasteiger partial charge in [-0.05, 0) is 66.6 Å². The summed E-state index contributed by atoms with van der Waals surface area (Å²) in [5.41, 5.74) is 11.5. The third kappa shape index (κ3) is 4.37. The maximum atomic E-state index is 6.14. The zero-order chi connectivity index (χ0) is 23.3. The van der Waals surface area contributed by atoms with Crippen LogP contribution < -0.4 is 15.2 Å². The highest BCUT2D eigenvalue weighted by Crippen LogP contribution is 2.41. The van der Waals surface area contributed by atoms with Gasteiger partial charge in [0.2, 0.25) is 0 Å². The molecule has 0 aliphatic carbocycles. The first-order valence-electron chi connectivity index (χ1n) is 11.9. The number of nitrogens with two attached hydrogens (primary N) is 1. The van der Waals surface area contributed by atoms with Crippen molar-refractivity contribution in [2.24, 2.45) is 5.73 Å². The molecule has 1 aromatic heterocycles. The zero-order valence-corrected chi connectivity index (χ0v) is 19.5. The van der Waals surface area contributed by atoms with E-state index in [4.69, 9.17) is 15.2 Å². The fourth-order valence-electron chi connectivity index (χ4n) is 4.65. The van der Waals surface area contributed by atoms with Gasteiger partial charge in [-0.15, -0.1) is 0 Å². The monoisotopic (exact) mass is 450 g/mol. The quantitative estimate of drug-likeness (QED) is 0.241. The van der Waals surface area contributed by atoms with Crippen LogP contribution in [0.4, 0.5) is 0 Å². The fraction of sp³-hybridized carbons (Fsp3) is 0.200. The summed E-state index contributed by atoms with van der Waals surface area (Å²) in [7, 11) is 1.75. The normalized spacial score (nSPS) is 11.2. The highest BCUT2D eigenvalue weighted by molar-refractivity contribution is 5.98. The Bertz CT molecular complexity index is 1410. The Hall–Kier alpha value is -3.76. The summed E-state index contributed by atoms with van der Waals surface area (Å²) in [6.45, 7) is 1.24. The molecule has 0 aliphatic heterocycles. The minimum Gasteiger partial charge on any atom is -0.495 e. The lowest BCUT2D eigenvalue weighted by molar-refractivity contribution is 0.306. The van der Waals surface area contributed by atoms with E-state index >= 15 is 0 Å². The number of benzene rings is 4. The minimum atomic E-state index is 0.546. The average Bonchev–Trinajstić information content (AvgIpc) is 3.25. The number of hydrogen-bond acceptors (Lipinski definition) is 3. The van der Waals surface area contributed by atoms with Gasteiger partial charge in [-0.3, -0.25) is 0 Å². The van der Waals surface area contributed by atoms with E-state index in [0.29, 0.717) is 13.2 Å². The summed E-state index contributed by atoms with van der Waals surface area (Å²) < 4.78 is 12.1. The van der Waals surface area contributed by atoms with Gasteiger partial charge in [-0.1, -0.05) is 60.7 Å². The molecule has 4 aromatic carbocycles. The van der Waals surface area contributed by atoms with Gasteiger partial charge in [0, 0.05) is 21.9 Å². The molecule has 3 N–H and O–H groups in total. The SMILES string of the molecule is COc1c(-c2[nH]c3ccc(OCc4ccccc4)cc3c2CCCCN)ccc2ccccc12. The topological polar surface area (TPSA) is 60.3 Å². The summed E-state index contributed by atoms with van der Waals surface area (Å²) >= 11 is 0. The number of aromatic nitrogens is 1. The maximum absolute atomic E-state index is 6.14. The van der Waals surface area contributed by atoms with Gasteiger partial charge in [0.05, 0.1) is 12.8 Å². The smallest absolute Gasteiger partial charge is 0.136 e. The molecule has 172 valence electrons. The average molecular weight is 451 g/mol. The number of hydrogen-bond donors (Lipinski definition) is 2. The largest absolute Gasteiger partial charge is 0.495 e. The Labute approximate surface area is 200 Å². The molecule has 4 nitrogen and oxygen atoms in total. The van der Waals surface area contributed by atoms with Crippen LogP contribution in [0.2, 0.25) is 0 Å². The number of H-pyrrole nitrogens is 1. The van der Waals surface area contributed by atoms with Crippen LogP contribution in [0.15, 0.2) is 84.9 Å². The van der Waals surface area contributed by atoms with Crippen molar-refractivity contribution in [2.75, 3.05) is 13.7 Å². The van der Waals surface area contributed by atoms with Crippen LogP contribution in [0.25, 0.3) is 32.9 Å². The van der Waals surface area contributed by atoms with Gasteiger partial charge in [-0.25, -0.2) is 0 Å². The minimum absolute atomic E-state index is 0.546. The number of aryl methyl sites for hydroxylation is 1. The van der Waals surface area contributed by atoms with Gasteiger partial charge in [-0.2, -0.15) is 0 Å². The number of nitrogens with one attached hydrogen (secondary N) is 1. The van der Waals surface area contributed by atoms with E-state index in [1.54, 1.807) is 7.11 Å². The predicted molar refractivity (Wildman–Crippen MR) is 141 cm³/mol. The van der Waals surface area contributed by atoms with Gasteiger partial charge >= 0.3 is 0 Å². The maximum Gasteiger partial charge on any atom is 0.136 e. The van der Waals surface area contributed by atoms with Gasteiger partial charge in [0.15, 0.2) is 0 Å². The Morgan fingerprint density at radius 1 is 0.824 bits per heavy atom. The third-order valence-electron chi connectivity index (χ3n) is 6.36. The number of fused-ring (bicyclic) bond motifs is 2. The molecule has 0 spiro atoms. The van der Waals surface area contributed by atoms with E-state index in [9.17, 15) is 0 Å². The summed E-state index contributed by atoms with van der Waals surface area (Å²) in [6, 6.07) is 29.2. The first-order valence-corrected chi connectivity index (χ1v) is 11.9. The van der Waals surface area contributed by atoms with Crippen molar-refractivity contribution in [3.8, 4) is 22.8 Å². The lowest BCUT2D eigenvalue weighted by atomic mass is 9.97. The molecule has 0 bridgehead atoms. The Kier molecular flexibility index (Phi) is 6.50. The van der Waals surface area contributed by atoms with Crippen LogP contribution in [-0.2, 0) is 13.0 Å².